The maximum absolute atomic E-state index is 13.6. The van der Waals surface area contributed by atoms with E-state index in [1.54, 1.807) is 86.8 Å². The lowest BCUT2D eigenvalue weighted by atomic mass is 9.89. The molecule has 4 atom stereocenters. The van der Waals surface area contributed by atoms with Gasteiger partial charge in [-0.05, 0) is 171 Å². The lowest BCUT2D eigenvalue weighted by molar-refractivity contribution is -0.138. The van der Waals surface area contributed by atoms with Crippen LogP contribution in [0.15, 0.2) is 85.2 Å². The number of carbonyl (C=O) groups is 14. The minimum atomic E-state index is -0.771. The van der Waals surface area contributed by atoms with Crippen LogP contribution in [0.1, 0.15) is 244 Å². The van der Waals surface area contributed by atoms with Gasteiger partial charge in [0.05, 0.1) is 59.6 Å². The van der Waals surface area contributed by atoms with Gasteiger partial charge in [0.15, 0.2) is 23.2 Å². The Kier molecular flexibility index (Phi) is 34.8. The summed E-state index contributed by atoms with van der Waals surface area (Å²) in [7, 11) is 6.84. The Morgan fingerprint density at radius 1 is 0.533 bits per heavy atom. The molecule has 2 unspecified atom stereocenters. The molecule has 0 bridgehead atoms. The second-order valence-corrected chi connectivity index (χ2v) is 36.9. The number of likely N-dealkylation sites (tertiary alicyclic amines) is 2. The molecule has 6 aromatic rings. The summed E-state index contributed by atoms with van der Waals surface area (Å²) in [5.74, 6) is 2.21. The summed E-state index contributed by atoms with van der Waals surface area (Å²) in [5, 5.41) is 10.4. The summed E-state index contributed by atoms with van der Waals surface area (Å²) in [6, 6.07) is 20.1. The minimum Gasteiger partial charge on any atom is -0.496 e. The van der Waals surface area contributed by atoms with Gasteiger partial charge in [-0.15, -0.1) is 0 Å². The number of Topliss-reactive ketones (excluding diaryl/α,β-unsaturated/α-hetero) is 2. The van der Waals surface area contributed by atoms with Crippen LogP contribution in [-0.2, 0) is 88.1 Å². The molecule has 137 heavy (non-hydrogen) atoms. The summed E-state index contributed by atoms with van der Waals surface area (Å²) in [6.07, 6.45) is 22.4. The zero-order valence-electron chi connectivity index (χ0n) is 79.7. The molecule has 4 N–H and O–H groups in total. The number of benzene rings is 4. The first kappa shape index (κ1) is 100. The van der Waals surface area contributed by atoms with Crippen molar-refractivity contribution in [3.05, 3.63) is 141 Å². The number of likely N-dealkylation sites (N-methyl/N-ethyl adjacent to an activating group) is 2. The highest BCUT2D eigenvalue weighted by molar-refractivity contribution is 6.10. The number of nitrogens with one attached hydrogen (secondary N) is 4. The number of rotatable bonds is 39. The highest BCUT2D eigenvalue weighted by Crippen LogP contribution is 2.44. The van der Waals surface area contributed by atoms with Crippen molar-refractivity contribution < 1.29 is 90.8 Å². The van der Waals surface area contributed by atoms with Gasteiger partial charge in [-0.3, -0.25) is 77.8 Å². The third kappa shape index (κ3) is 24.4. The molecule has 36 heteroatoms. The van der Waals surface area contributed by atoms with Crippen molar-refractivity contribution in [1.29, 1.82) is 0 Å². The summed E-state index contributed by atoms with van der Waals surface area (Å²) >= 11 is 0. The van der Waals surface area contributed by atoms with E-state index in [4.69, 9.17) is 28.9 Å². The molecule has 2 aromatic heterocycles. The quantitative estimate of drug-likeness (QED) is 0.0121. The molecule has 11 amide bonds. The van der Waals surface area contributed by atoms with Gasteiger partial charge in [-0.2, -0.15) is 0 Å². The molecule has 0 spiro atoms. The van der Waals surface area contributed by atoms with Gasteiger partial charge in [0.25, 0.3) is 18.3 Å². The normalized spacial score (nSPS) is 19.9. The second-order valence-electron chi connectivity index (χ2n) is 36.9. The zero-order chi connectivity index (χ0) is 96.9. The van der Waals surface area contributed by atoms with E-state index in [2.05, 4.69) is 69.4 Å². The van der Waals surface area contributed by atoms with E-state index in [1.807, 2.05) is 43.4 Å². The number of methoxy groups -OCH3 is 2. The molecule has 0 radical (unpaired) electrons. The highest BCUT2D eigenvalue weighted by Gasteiger charge is 2.46. The number of ether oxygens (including phenoxy) is 5. The molecule has 8 aliphatic heterocycles. The number of hydrogen-bond acceptors (Lipinski definition) is 27. The Balaban J connectivity index is 0.000000209. The van der Waals surface area contributed by atoms with Gasteiger partial charge in [0.2, 0.25) is 53.7 Å². The van der Waals surface area contributed by atoms with E-state index < -0.39 is 29.8 Å². The van der Waals surface area contributed by atoms with E-state index in [0.29, 0.717) is 177 Å². The minimum absolute atomic E-state index is 0.0785. The average molecular weight is 1890 g/mol. The van der Waals surface area contributed by atoms with Gasteiger partial charge in [-0.1, -0.05) is 75.9 Å². The van der Waals surface area contributed by atoms with Gasteiger partial charge in [0, 0.05) is 166 Å². The fraction of sp³-hybridized carbons (Fsp3) is 0.545. The van der Waals surface area contributed by atoms with Crippen LogP contribution in [-0.4, -0.2) is 278 Å². The standard InChI is InChI=1S/C49H61N9O9.C49H62N8O8.C3H6O2/c1-4-38-49(65)54(2)40-27-50-43(52-46(40)58(38)34-8-5-6-9-34)26-33-13-12-32(25-42(33)66-3)41(60)24-31-16-18-55(19-17-31)20-22-67-23-21-56(30-59)29-45(62)51-37-11-7-10-35-36(37)28-57(48(35)64)39-14-15-44(61)53-47(39)63;1-4-38-49(63)54(2)40-29-50-43(52-46(40)57(38)34-10-5-6-11-34)28-33-16-15-32(27-42(33)64-3)41(58)26-31-19-21-55(22-20-31)23-25-65-24-8-7-14-44(59)51-37-13-9-12-35-36(37)30-56(48(35)62)39-17-18-45(60)53-47(39)61;1-2-5-3-4/h7,10-13,25,27,30-31,34,38-39H,4-6,8-9,14-24,26,28-29H2,1-3H3,(H,51,62)(H,53,61,63);9,12-13,15-16,27,29,31,34,38-39H,4-8,10-11,14,17-26,28,30H2,1-3H3,(H,51,59)(H,53,60,61);3H,2H2,1H3/t2*38-,39?;/m11./s1. The van der Waals surface area contributed by atoms with Crippen LogP contribution >= 0.6 is 0 Å². The van der Waals surface area contributed by atoms with Gasteiger partial charge < -0.3 is 78.4 Å². The highest BCUT2D eigenvalue weighted by atomic mass is 16.5. The second kappa shape index (κ2) is 47.5. The van der Waals surface area contributed by atoms with Crippen LogP contribution in [0.25, 0.3) is 0 Å². The molecule has 2 saturated carbocycles. The first-order chi connectivity index (χ1) is 66.4. The molecule has 16 rings (SSSR count). The fourth-order valence-electron chi connectivity index (χ4n) is 20.6. The number of piperidine rings is 4. The Morgan fingerprint density at radius 3 is 1.39 bits per heavy atom. The molecular formula is C101H129N17O19. The Morgan fingerprint density at radius 2 is 0.978 bits per heavy atom. The molecule has 4 aromatic carbocycles. The number of carbonyl (C=O) groups excluding carboxylic acids is 14. The number of amides is 11. The maximum atomic E-state index is 13.6. The van der Waals surface area contributed by atoms with Crippen molar-refractivity contribution in [2.75, 3.05) is 144 Å². The van der Waals surface area contributed by atoms with Gasteiger partial charge in [-0.25, -0.2) is 19.9 Å². The van der Waals surface area contributed by atoms with Crippen LogP contribution in [0.3, 0.4) is 0 Å². The lowest BCUT2D eigenvalue weighted by Crippen LogP contribution is -2.55. The Bertz CT molecular complexity index is 5420. The zero-order valence-corrected chi connectivity index (χ0v) is 79.7. The van der Waals surface area contributed by atoms with Crippen molar-refractivity contribution in [3.63, 3.8) is 0 Å². The summed E-state index contributed by atoms with van der Waals surface area (Å²) in [4.78, 5) is 211. The number of imide groups is 2. The number of unbranched alkanes of at least 4 members (excludes halogenated alkanes) is 1. The van der Waals surface area contributed by atoms with E-state index in [0.717, 1.165) is 150 Å². The van der Waals surface area contributed by atoms with Crippen molar-refractivity contribution in [3.8, 4) is 11.5 Å². The van der Waals surface area contributed by atoms with Crippen LogP contribution in [0.2, 0.25) is 0 Å². The van der Waals surface area contributed by atoms with E-state index in [9.17, 15) is 67.1 Å². The van der Waals surface area contributed by atoms with Gasteiger partial charge in [0.1, 0.15) is 58.7 Å². The number of anilines is 6. The van der Waals surface area contributed by atoms with Gasteiger partial charge >= 0.3 is 0 Å². The summed E-state index contributed by atoms with van der Waals surface area (Å²) < 4.78 is 27.5. The maximum Gasteiger partial charge on any atom is 0.293 e. The largest absolute Gasteiger partial charge is 0.496 e. The SMILES string of the molecule is CCOC=O.CC[C@@H]1C(=O)N(C)c2cnc(Cc3ccc(C(=O)CC4CCN(CCOCCCCC(=O)Nc5cccc6c5CN(C5CCC(=O)NC5=O)C6=O)CC4)cc3OC)nc2N1C1CCCC1.CC[C@@H]1C(=O)N(C)c2cnc(Cc3ccc(C(=O)CC4CCN(CCOCCN(C=O)CC(=O)Nc5cccc6c5CN(C5CCC(=O)NC5=O)C6=O)CC4)cc3OC)nc2N1C1CCCC1. The van der Waals surface area contributed by atoms with Crippen LogP contribution < -0.4 is 50.3 Å². The molecule has 10 heterocycles. The molecular weight excluding hydrogens is 1760 g/mol. The van der Waals surface area contributed by atoms with E-state index >= 15 is 0 Å². The van der Waals surface area contributed by atoms with Crippen LogP contribution in [0, 0.1) is 11.8 Å². The van der Waals surface area contributed by atoms with Crippen LogP contribution in [0.5, 0.6) is 11.5 Å². The number of hydrogen-bond donors (Lipinski definition) is 4. The predicted octanol–water partition coefficient (Wildman–Crippen LogP) is 9.37. The van der Waals surface area contributed by atoms with Crippen LogP contribution in [0.4, 0.5) is 34.4 Å². The first-order valence-corrected chi connectivity index (χ1v) is 48.6. The lowest BCUT2D eigenvalue weighted by Gasteiger charge is -2.43. The molecule has 6 fully saturated rings. The summed E-state index contributed by atoms with van der Waals surface area (Å²) in [6.45, 7) is 13.9. The van der Waals surface area contributed by atoms with E-state index in [1.165, 1.54) is 14.7 Å². The topological polar surface area (TPSA) is 414 Å². The van der Waals surface area contributed by atoms with Crippen molar-refractivity contribution >= 4 is 118 Å². The smallest absolute Gasteiger partial charge is 0.293 e. The average Bonchev–Trinajstić information content (AvgIpc) is 1.44. The van der Waals surface area contributed by atoms with Crippen molar-refractivity contribution in [1.82, 2.24) is 55.1 Å². The summed E-state index contributed by atoms with van der Waals surface area (Å²) in [5.41, 5.74) is 7.60. The molecule has 36 nitrogen and oxygen atoms in total. The number of fused-ring (bicyclic) bond motifs is 4. The Labute approximate surface area is 799 Å². The molecule has 10 aliphatic rings. The predicted molar refractivity (Wildman–Crippen MR) is 509 cm³/mol. The molecule has 2 aliphatic carbocycles. The van der Waals surface area contributed by atoms with E-state index in [-0.39, 0.29) is 135 Å². The van der Waals surface area contributed by atoms with Crippen molar-refractivity contribution in [2.45, 2.75) is 231 Å². The fourth-order valence-corrected chi connectivity index (χ4v) is 20.6. The Hall–Kier alpha value is -12.5. The van der Waals surface area contributed by atoms with Crippen molar-refractivity contribution in [2.24, 2.45) is 11.8 Å². The first-order valence-electron chi connectivity index (χ1n) is 48.6. The monoisotopic (exact) mass is 1880 g/mol. The third-order valence-corrected chi connectivity index (χ3v) is 28.2. The number of nitrogens with zero attached hydrogens (tertiary/aromatic N) is 13. The molecule has 4 saturated heterocycles. The number of ketones is 2. The number of aromatic nitrogens is 4. The molecule has 732 valence electrons. The third-order valence-electron chi connectivity index (χ3n) is 28.2.